The van der Waals surface area contributed by atoms with E-state index in [0.717, 1.165) is 10.0 Å². The topological polar surface area (TPSA) is 78.4 Å². The lowest BCUT2D eigenvalue weighted by Crippen LogP contribution is -2.42. The lowest BCUT2D eigenvalue weighted by Gasteiger charge is -2.15. The molecule has 0 aromatic heterocycles. The van der Waals surface area contributed by atoms with E-state index in [1.807, 2.05) is 31.2 Å². The minimum atomic E-state index is -0.929. The SMILES string of the molecule is CC(Cc1ccccc1Br)NC(=O)NCCC(=O)O. The van der Waals surface area contributed by atoms with E-state index in [1.54, 1.807) is 0 Å². The largest absolute Gasteiger partial charge is 0.481 e. The summed E-state index contributed by atoms with van der Waals surface area (Å²) in [5, 5.41) is 13.7. The van der Waals surface area contributed by atoms with Gasteiger partial charge in [-0.15, -0.1) is 0 Å². The minimum Gasteiger partial charge on any atom is -0.481 e. The van der Waals surface area contributed by atoms with E-state index in [9.17, 15) is 9.59 Å². The molecule has 3 N–H and O–H groups in total. The smallest absolute Gasteiger partial charge is 0.315 e. The average Bonchev–Trinajstić information content (AvgIpc) is 2.31. The highest BCUT2D eigenvalue weighted by Crippen LogP contribution is 2.17. The molecule has 0 heterocycles. The van der Waals surface area contributed by atoms with Gasteiger partial charge < -0.3 is 15.7 Å². The summed E-state index contributed by atoms with van der Waals surface area (Å²) in [4.78, 5) is 21.8. The number of urea groups is 1. The van der Waals surface area contributed by atoms with Crippen LogP contribution in [0.15, 0.2) is 28.7 Å². The summed E-state index contributed by atoms with van der Waals surface area (Å²) in [7, 11) is 0. The highest BCUT2D eigenvalue weighted by molar-refractivity contribution is 9.10. The number of nitrogens with one attached hydrogen (secondary N) is 2. The van der Waals surface area contributed by atoms with Crippen molar-refractivity contribution in [3.63, 3.8) is 0 Å². The highest BCUT2D eigenvalue weighted by atomic mass is 79.9. The van der Waals surface area contributed by atoms with Crippen LogP contribution in [0.5, 0.6) is 0 Å². The molecule has 1 unspecified atom stereocenters. The van der Waals surface area contributed by atoms with Crippen molar-refractivity contribution in [1.82, 2.24) is 10.6 Å². The molecule has 0 bridgehead atoms. The Kier molecular flexibility index (Phi) is 6.35. The molecule has 6 heteroatoms. The van der Waals surface area contributed by atoms with E-state index >= 15 is 0 Å². The Hall–Kier alpha value is -1.56. The molecule has 104 valence electrons. The van der Waals surface area contributed by atoms with Gasteiger partial charge >= 0.3 is 12.0 Å². The fraction of sp³-hybridized carbons (Fsp3) is 0.385. The number of aliphatic carboxylic acids is 1. The third-order valence-corrected chi connectivity index (χ3v) is 3.26. The van der Waals surface area contributed by atoms with Crippen molar-refractivity contribution in [2.75, 3.05) is 6.54 Å². The number of hydrogen-bond donors (Lipinski definition) is 3. The summed E-state index contributed by atoms with van der Waals surface area (Å²) < 4.78 is 1.01. The van der Waals surface area contributed by atoms with Gasteiger partial charge in [0, 0.05) is 17.1 Å². The Morgan fingerprint density at radius 1 is 1.37 bits per heavy atom. The van der Waals surface area contributed by atoms with Crippen LogP contribution >= 0.6 is 15.9 Å². The molecular formula is C13H17BrN2O3. The number of benzene rings is 1. The van der Waals surface area contributed by atoms with Crippen molar-refractivity contribution >= 4 is 27.9 Å². The maximum atomic E-state index is 11.5. The third-order valence-electron chi connectivity index (χ3n) is 2.49. The van der Waals surface area contributed by atoms with E-state index in [-0.39, 0.29) is 25.0 Å². The quantitative estimate of drug-likeness (QED) is 0.748. The molecule has 1 rings (SSSR count). The summed E-state index contributed by atoms with van der Waals surface area (Å²) in [6.45, 7) is 2.03. The molecule has 5 nitrogen and oxygen atoms in total. The zero-order valence-electron chi connectivity index (χ0n) is 10.6. The summed E-state index contributed by atoms with van der Waals surface area (Å²) in [6.07, 6.45) is 0.625. The number of carbonyl (C=O) groups is 2. The van der Waals surface area contributed by atoms with Crippen LogP contribution in [0.3, 0.4) is 0 Å². The number of rotatable bonds is 6. The Morgan fingerprint density at radius 3 is 2.68 bits per heavy atom. The predicted molar refractivity (Wildman–Crippen MR) is 76.1 cm³/mol. The summed E-state index contributed by atoms with van der Waals surface area (Å²) in [6, 6.07) is 7.44. The normalized spacial score (nSPS) is 11.7. The molecule has 1 aromatic carbocycles. The van der Waals surface area contributed by atoms with E-state index < -0.39 is 5.97 Å². The van der Waals surface area contributed by atoms with Crippen molar-refractivity contribution in [3.05, 3.63) is 34.3 Å². The van der Waals surface area contributed by atoms with E-state index in [4.69, 9.17) is 5.11 Å². The first-order valence-electron chi connectivity index (χ1n) is 5.98. The van der Waals surface area contributed by atoms with Crippen molar-refractivity contribution in [2.45, 2.75) is 25.8 Å². The Morgan fingerprint density at radius 2 is 2.05 bits per heavy atom. The lowest BCUT2D eigenvalue weighted by atomic mass is 10.1. The molecule has 1 atom stereocenters. The fourth-order valence-corrected chi connectivity index (χ4v) is 2.05. The molecule has 19 heavy (non-hydrogen) atoms. The zero-order valence-corrected chi connectivity index (χ0v) is 12.2. The summed E-state index contributed by atoms with van der Waals surface area (Å²) in [5.41, 5.74) is 1.11. The molecule has 0 spiro atoms. The first-order valence-corrected chi connectivity index (χ1v) is 6.78. The predicted octanol–water partition coefficient (Wildman–Crippen LogP) is 2.15. The van der Waals surface area contributed by atoms with Crippen LogP contribution < -0.4 is 10.6 Å². The molecule has 2 amide bonds. The molecule has 0 radical (unpaired) electrons. The van der Waals surface area contributed by atoms with E-state index in [0.29, 0.717) is 6.42 Å². The van der Waals surface area contributed by atoms with Gasteiger partial charge in [0.1, 0.15) is 0 Å². The van der Waals surface area contributed by atoms with Gasteiger partial charge in [-0.2, -0.15) is 0 Å². The number of hydrogen-bond acceptors (Lipinski definition) is 2. The molecule has 0 fully saturated rings. The molecular weight excluding hydrogens is 312 g/mol. The number of halogens is 1. The number of carboxylic acids is 1. The number of carbonyl (C=O) groups excluding carboxylic acids is 1. The van der Waals surface area contributed by atoms with E-state index in [2.05, 4.69) is 26.6 Å². The van der Waals surface area contributed by atoms with Crippen molar-refractivity contribution in [3.8, 4) is 0 Å². The van der Waals surface area contributed by atoms with Crippen LogP contribution in [0.4, 0.5) is 4.79 Å². The lowest BCUT2D eigenvalue weighted by molar-refractivity contribution is -0.136. The van der Waals surface area contributed by atoms with Crippen LogP contribution in [0, 0.1) is 0 Å². The Labute approximate surface area is 120 Å². The van der Waals surface area contributed by atoms with Crippen molar-refractivity contribution < 1.29 is 14.7 Å². The van der Waals surface area contributed by atoms with Gasteiger partial charge in [0.05, 0.1) is 6.42 Å². The maximum absolute atomic E-state index is 11.5. The molecule has 0 saturated heterocycles. The van der Waals surface area contributed by atoms with Gasteiger partial charge in [0.25, 0.3) is 0 Å². The second-order valence-corrected chi connectivity index (χ2v) is 5.09. The molecule has 1 aromatic rings. The van der Waals surface area contributed by atoms with Gasteiger partial charge in [-0.3, -0.25) is 4.79 Å². The van der Waals surface area contributed by atoms with Gasteiger partial charge in [0.2, 0.25) is 0 Å². The van der Waals surface area contributed by atoms with Crippen LogP contribution in [0.2, 0.25) is 0 Å². The number of carboxylic acid groups (broad SMARTS) is 1. The third kappa shape index (κ3) is 6.24. The van der Waals surface area contributed by atoms with Gasteiger partial charge in [-0.05, 0) is 25.0 Å². The molecule has 0 saturated carbocycles. The minimum absolute atomic E-state index is 0.0384. The van der Waals surface area contributed by atoms with Crippen LogP contribution in [-0.2, 0) is 11.2 Å². The Bertz CT molecular complexity index is 451. The van der Waals surface area contributed by atoms with E-state index in [1.165, 1.54) is 0 Å². The fourth-order valence-electron chi connectivity index (χ4n) is 1.60. The van der Waals surface area contributed by atoms with Gasteiger partial charge in [-0.25, -0.2) is 4.79 Å². The van der Waals surface area contributed by atoms with Crippen LogP contribution in [-0.4, -0.2) is 29.7 Å². The molecule has 0 aliphatic rings. The Balaban J connectivity index is 2.34. The number of amides is 2. The molecule has 0 aliphatic heterocycles. The van der Waals surface area contributed by atoms with Crippen LogP contribution in [0.25, 0.3) is 0 Å². The summed E-state index contributed by atoms with van der Waals surface area (Å²) in [5.74, 6) is -0.929. The second kappa shape index (κ2) is 7.78. The van der Waals surface area contributed by atoms with Crippen molar-refractivity contribution in [1.29, 1.82) is 0 Å². The first kappa shape index (κ1) is 15.5. The summed E-state index contributed by atoms with van der Waals surface area (Å²) >= 11 is 3.46. The first-order chi connectivity index (χ1) is 8.99. The second-order valence-electron chi connectivity index (χ2n) is 4.24. The average molecular weight is 329 g/mol. The highest BCUT2D eigenvalue weighted by Gasteiger charge is 2.09. The zero-order chi connectivity index (χ0) is 14.3. The van der Waals surface area contributed by atoms with Gasteiger partial charge in [0.15, 0.2) is 0 Å². The van der Waals surface area contributed by atoms with Crippen LogP contribution in [0.1, 0.15) is 18.9 Å². The molecule has 0 aliphatic carbocycles. The standard InChI is InChI=1S/C13H17BrN2O3/c1-9(8-10-4-2-3-5-11(10)14)16-13(19)15-7-6-12(17)18/h2-5,9H,6-8H2,1H3,(H,17,18)(H2,15,16,19). The van der Waals surface area contributed by atoms with Crippen molar-refractivity contribution in [2.24, 2.45) is 0 Å². The monoisotopic (exact) mass is 328 g/mol. The van der Waals surface area contributed by atoms with Gasteiger partial charge in [-0.1, -0.05) is 34.1 Å². The maximum Gasteiger partial charge on any atom is 0.315 e.